The summed E-state index contributed by atoms with van der Waals surface area (Å²) in [6.45, 7) is 2.40. The average molecular weight is 225 g/mol. The van der Waals surface area contributed by atoms with Gasteiger partial charge in [-0.3, -0.25) is 15.0 Å². The third-order valence-corrected chi connectivity index (χ3v) is 2.75. The summed E-state index contributed by atoms with van der Waals surface area (Å²) in [6, 6.07) is 3.25. The molecule has 2 heterocycles. The van der Waals surface area contributed by atoms with Gasteiger partial charge in [0.15, 0.2) is 0 Å². The predicted octanol–water partition coefficient (Wildman–Crippen LogP) is 1.11. The highest BCUT2D eigenvalue weighted by molar-refractivity contribution is 5.17. The fourth-order valence-corrected chi connectivity index (χ4v) is 2.00. The van der Waals surface area contributed by atoms with Crippen LogP contribution in [-0.4, -0.2) is 29.0 Å². The van der Waals surface area contributed by atoms with Gasteiger partial charge in [-0.05, 0) is 25.5 Å². The Hall–Kier alpha value is -1.40. The number of nitro groups is 1. The third-order valence-electron chi connectivity index (χ3n) is 2.75. The van der Waals surface area contributed by atoms with E-state index in [1.807, 2.05) is 0 Å². The normalized spacial score (nSPS) is 22.2. The Labute approximate surface area is 93.2 Å². The van der Waals surface area contributed by atoms with Crippen molar-refractivity contribution in [2.75, 3.05) is 13.1 Å². The summed E-state index contributed by atoms with van der Waals surface area (Å²) in [6.07, 6.45) is 2.12. The van der Waals surface area contributed by atoms with Crippen molar-refractivity contribution in [2.45, 2.75) is 25.4 Å². The highest BCUT2D eigenvalue weighted by Crippen LogP contribution is 2.18. The standard InChI is InChI=1S/C10H15N3O3/c11-8-2-1-5-12(6-8)7-9-3-4-10(16-9)13(14)15/h3-4,8H,1-2,5-7,11H2. The van der Waals surface area contributed by atoms with E-state index in [2.05, 4.69) is 4.90 Å². The van der Waals surface area contributed by atoms with Crippen LogP contribution in [0.2, 0.25) is 0 Å². The largest absolute Gasteiger partial charge is 0.433 e. The molecule has 6 nitrogen and oxygen atoms in total. The molecule has 0 spiro atoms. The van der Waals surface area contributed by atoms with Gasteiger partial charge in [-0.15, -0.1) is 0 Å². The third kappa shape index (κ3) is 2.59. The molecule has 16 heavy (non-hydrogen) atoms. The van der Waals surface area contributed by atoms with Crippen molar-refractivity contribution in [3.8, 4) is 0 Å². The lowest BCUT2D eigenvalue weighted by atomic mass is 10.1. The number of likely N-dealkylation sites (tertiary alicyclic amines) is 1. The summed E-state index contributed by atoms with van der Waals surface area (Å²) >= 11 is 0. The lowest BCUT2D eigenvalue weighted by Crippen LogP contribution is -2.42. The second kappa shape index (κ2) is 4.63. The maximum Gasteiger partial charge on any atom is 0.433 e. The molecule has 0 aromatic carbocycles. The highest BCUT2D eigenvalue weighted by atomic mass is 16.6. The molecule has 88 valence electrons. The smallest absolute Gasteiger partial charge is 0.404 e. The van der Waals surface area contributed by atoms with Crippen molar-refractivity contribution >= 4 is 5.88 Å². The van der Waals surface area contributed by atoms with E-state index in [-0.39, 0.29) is 11.9 Å². The fourth-order valence-electron chi connectivity index (χ4n) is 2.00. The fraction of sp³-hybridized carbons (Fsp3) is 0.600. The highest BCUT2D eigenvalue weighted by Gasteiger charge is 2.19. The number of piperidine rings is 1. The van der Waals surface area contributed by atoms with Crippen LogP contribution in [-0.2, 0) is 6.54 Å². The molecule has 0 aliphatic carbocycles. The van der Waals surface area contributed by atoms with Crippen LogP contribution in [0.15, 0.2) is 16.5 Å². The Morgan fingerprint density at radius 2 is 2.44 bits per heavy atom. The summed E-state index contributed by atoms with van der Waals surface area (Å²) in [5.74, 6) is 0.428. The first-order valence-corrected chi connectivity index (χ1v) is 5.36. The van der Waals surface area contributed by atoms with E-state index < -0.39 is 4.92 Å². The molecule has 0 amide bonds. The first kappa shape index (κ1) is 11.1. The van der Waals surface area contributed by atoms with Crippen LogP contribution in [0.3, 0.4) is 0 Å². The molecule has 1 aliphatic heterocycles. The van der Waals surface area contributed by atoms with Gasteiger partial charge in [-0.25, -0.2) is 0 Å². The van der Waals surface area contributed by atoms with Gasteiger partial charge in [0, 0.05) is 12.6 Å². The Balaban J connectivity index is 1.95. The minimum atomic E-state index is -0.522. The van der Waals surface area contributed by atoms with Crippen molar-refractivity contribution in [3.05, 3.63) is 28.0 Å². The minimum absolute atomic E-state index is 0.198. The first-order valence-electron chi connectivity index (χ1n) is 5.36. The number of hydrogen-bond donors (Lipinski definition) is 1. The predicted molar refractivity (Wildman–Crippen MR) is 57.8 cm³/mol. The van der Waals surface area contributed by atoms with E-state index in [1.165, 1.54) is 6.07 Å². The van der Waals surface area contributed by atoms with Gasteiger partial charge in [-0.1, -0.05) is 0 Å². The Morgan fingerprint density at radius 3 is 3.06 bits per heavy atom. The Kier molecular flexibility index (Phi) is 3.21. The second-order valence-electron chi connectivity index (χ2n) is 4.13. The van der Waals surface area contributed by atoms with E-state index in [1.54, 1.807) is 6.07 Å². The van der Waals surface area contributed by atoms with E-state index in [9.17, 15) is 10.1 Å². The van der Waals surface area contributed by atoms with Gasteiger partial charge in [0.05, 0.1) is 12.6 Å². The molecule has 1 unspecified atom stereocenters. The van der Waals surface area contributed by atoms with Crippen molar-refractivity contribution < 1.29 is 9.34 Å². The zero-order valence-corrected chi connectivity index (χ0v) is 8.96. The summed E-state index contributed by atoms with van der Waals surface area (Å²) in [7, 11) is 0. The first-order chi connectivity index (χ1) is 7.65. The Morgan fingerprint density at radius 1 is 1.62 bits per heavy atom. The molecule has 6 heteroatoms. The summed E-state index contributed by atoms with van der Waals surface area (Å²) in [5.41, 5.74) is 5.85. The van der Waals surface area contributed by atoms with Crippen molar-refractivity contribution in [1.29, 1.82) is 0 Å². The molecular formula is C10H15N3O3. The lowest BCUT2D eigenvalue weighted by molar-refractivity contribution is -0.402. The van der Waals surface area contributed by atoms with Crippen LogP contribution in [0.25, 0.3) is 0 Å². The number of nitrogens with zero attached hydrogens (tertiary/aromatic N) is 2. The number of furan rings is 1. The maximum absolute atomic E-state index is 10.4. The quantitative estimate of drug-likeness (QED) is 0.615. The average Bonchev–Trinajstić information content (AvgIpc) is 2.66. The molecular weight excluding hydrogens is 210 g/mol. The topological polar surface area (TPSA) is 85.5 Å². The molecule has 1 aromatic rings. The zero-order valence-electron chi connectivity index (χ0n) is 8.96. The van der Waals surface area contributed by atoms with Gasteiger partial charge < -0.3 is 10.2 Å². The van der Waals surface area contributed by atoms with Gasteiger partial charge >= 0.3 is 5.88 Å². The van der Waals surface area contributed by atoms with Crippen LogP contribution in [0, 0.1) is 10.1 Å². The summed E-state index contributed by atoms with van der Waals surface area (Å²) in [5, 5.41) is 10.4. The number of rotatable bonds is 3. The van der Waals surface area contributed by atoms with Gasteiger partial charge in [-0.2, -0.15) is 0 Å². The SMILES string of the molecule is NC1CCCN(Cc2ccc([N+](=O)[O-])o2)C1. The lowest BCUT2D eigenvalue weighted by Gasteiger charge is -2.29. The van der Waals surface area contributed by atoms with E-state index in [0.717, 1.165) is 25.9 Å². The Bertz CT molecular complexity index is 377. The van der Waals surface area contributed by atoms with E-state index in [4.69, 9.17) is 10.2 Å². The van der Waals surface area contributed by atoms with Crippen molar-refractivity contribution in [2.24, 2.45) is 5.73 Å². The minimum Gasteiger partial charge on any atom is -0.404 e. The summed E-state index contributed by atoms with van der Waals surface area (Å²) < 4.78 is 5.10. The van der Waals surface area contributed by atoms with Crippen LogP contribution < -0.4 is 5.73 Å². The van der Waals surface area contributed by atoms with Crippen LogP contribution in [0.5, 0.6) is 0 Å². The molecule has 0 bridgehead atoms. The van der Waals surface area contributed by atoms with Crippen LogP contribution in [0.4, 0.5) is 5.88 Å². The molecule has 0 radical (unpaired) electrons. The molecule has 0 saturated carbocycles. The molecule has 1 aliphatic rings. The molecule has 2 rings (SSSR count). The monoisotopic (exact) mass is 225 g/mol. The number of hydrogen-bond acceptors (Lipinski definition) is 5. The summed E-state index contributed by atoms with van der Waals surface area (Å²) in [4.78, 5) is 12.1. The van der Waals surface area contributed by atoms with E-state index >= 15 is 0 Å². The zero-order chi connectivity index (χ0) is 11.5. The molecule has 1 saturated heterocycles. The molecule has 1 atom stereocenters. The molecule has 1 fully saturated rings. The van der Waals surface area contributed by atoms with Gasteiger partial charge in [0.2, 0.25) is 0 Å². The van der Waals surface area contributed by atoms with Crippen LogP contribution >= 0.6 is 0 Å². The van der Waals surface area contributed by atoms with E-state index in [0.29, 0.717) is 12.3 Å². The molecule has 1 aromatic heterocycles. The van der Waals surface area contributed by atoms with Crippen molar-refractivity contribution in [3.63, 3.8) is 0 Å². The maximum atomic E-state index is 10.4. The van der Waals surface area contributed by atoms with Gasteiger partial charge in [0.1, 0.15) is 10.7 Å². The number of nitrogens with two attached hydrogens (primary N) is 1. The molecule has 2 N–H and O–H groups in total. The van der Waals surface area contributed by atoms with Gasteiger partial charge in [0.25, 0.3) is 0 Å². The van der Waals surface area contributed by atoms with Crippen molar-refractivity contribution in [1.82, 2.24) is 4.90 Å². The second-order valence-corrected chi connectivity index (χ2v) is 4.13. The van der Waals surface area contributed by atoms with Crippen LogP contribution in [0.1, 0.15) is 18.6 Å².